The lowest BCUT2D eigenvalue weighted by atomic mass is 9.86. The lowest BCUT2D eigenvalue weighted by Crippen LogP contribution is -2.11. The van der Waals surface area contributed by atoms with E-state index in [1.54, 1.807) is 0 Å². The van der Waals surface area contributed by atoms with Crippen LogP contribution in [0.1, 0.15) is 26.3 Å². The third-order valence-electron chi connectivity index (χ3n) is 11.2. The molecule has 0 fully saturated rings. The summed E-state index contributed by atoms with van der Waals surface area (Å²) in [6.07, 6.45) is 1.84. The van der Waals surface area contributed by atoms with Gasteiger partial charge in [-0.1, -0.05) is 154 Å². The summed E-state index contributed by atoms with van der Waals surface area (Å²) in [5, 5.41) is 12.5. The number of fused-ring (bicyclic) bond motifs is 4. The molecule has 0 saturated carbocycles. The molecular weight excluding hydrogens is 733 g/mol. The second-order valence-corrected chi connectivity index (χ2v) is 16.2. The van der Waals surface area contributed by atoms with E-state index in [9.17, 15) is 0 Å². The van der Waals surface area contributed by atoms with Gasteiger partial charge in [-0.05, 0) is 76.0 Å². The van der Waals surface area contributed by atoms with E-state index in [-0.39, 0.29) is 5.41 Å². The number of benzene rings is 8. The van der Waals surface area contributed by atoms with Gasteiger partial charge in [0.15, 0.2) is 0 Å². The fourth-order valence-corrected chi connectivity index (χ4v) is 8.24. The number of hydrogen-bond donors (Lipinski definition) is 2. The van der Waals surface area contributed by atoms with Crippen LogP contribution in [-0.2, 0) is 5.41 Å². The summed E-state index contributed by atoms with van der Waals surface area (Å²) in [5.74, 6) is 2.36. The van der Waals surface area contributed by atoms with Gasteiger partial charge in [0.25, 0.3) is 0 Å². The summed E-state index contributed by atoms with van der Waals surface area (Å²) in [4.78, 5) is 4.73. The quantitative estimate of drug-likeness (QED) is 0.153. The molecule has 0 atom stereocenters. The largest absolute Gasteiger partial charge is 0.457 e. The number of para-hydroxylation sites is 2. The Morgan fingerprint density at radius 2 is 1.15 bits per heavy atom. The summed E-state index contributed by atoms with van der Waals surface area (Å²) in [5.41, 5.74) is 11.6. The van der Waals surface area contributed by atoms with Crippen LogP contribution in [0.3, 0.4) is 0 Å². The van der Waals surface area contributed by atoms with E-state index in [4.69, 9.17) is 9.72 Å². The standard InChI is InChI=1S/C55H44N4O/c1-55(2,3)40-33-41(35-43(34-40)60-42-29-30-48-47-23-12-13-26-50(47)59(51(48)36-42)52-27-14-15-32-56-52)57-49-31-28-39-21-10-11-22-46(39)54(49)58-53-44(37-17-6-4-7-18-37)24-16-25-45(53)38-19-8-5-9-20-38/h4-36,57-58H,1-3H3. The van der Waals surface area contributed by atoms with Crippen LogP contribution in [0.15, 0.2) is 200 Å². The Hall–Kier alpha value is -7.63. The predicted molar refractivity (Wildman–Crippen MR) is 252 cm³/mol. The van der Waals surface area contributed by atoms with Crippen molar-refractivity contribution in [3.8, 4) is 39.6 Å². The SMILES string of the molecule is CC(C)(C)c1cc(Nc2ccc3ccccc3c2Nc2c(-c3ccccc3)cccc2-c2ccccc2)cc(Oc2ccc3c4ccccc4n(-c4ccccn4)c3c2)c1. The molecular formula is C55H44N4O. The highest BCUT2D eigenvalue weighted by Crippen LogP contribution is 2.44. The zero-order valence-corrected chi connectivity index (χ0v) is 33.9. The average molecular weight is 777 g/mol. The molecule has 2 aromatic heterocycles. The Labute approximate surface area is 350 Å². The monoisotopic (exact) mass is 776 g/mol. The molecule has 2 heterocycles. The number of rotatable bonds is 9. The highest BCUT2D eigenvalue weighted by Gasteiger charge is 2.20. The van der Waals surface area contributed by atoms with E-state index in [0.29, 0.717) is 0 Å². The van der Waals surface area contributed by atoms with Crippen molar-refractivity contribution >= 4 is 55.3 Å². The molecule has 5 heteroatoms. The van der Waals surface area contributed by atoms with Crippen LogP contribution in [0, 0.1) is 0 Å². The van der Waals surface area contributed by atoms with E-state index in [0.717, 1.165) is 95.1 Å². The van der Waals surface area contributed by atoms with Crippen LogP contribution in [0.5, 0.6) is 11.5 Å². The van der Waals surface area contributed by atoms with E-state index in [1.165, 1.54) is 5.39 Å². The normalized spacial score (nSPS) is 11.6. The predicted octanol–water partition coefficient (Wildman–Crippen LogP) is 15.2. The van der Waals surface area contributed by atoms with Crippen LogP contribution in [0.4, 0.5) is 22.7 Å². The van der Waals surface area contributed by atoms with Crippen LogP contribution in [0.2, 0.25) is 0 Å². The van der Waals surface area contributed by atoms with Crippen molar-refractivity contribution in [3.63, 3.8) is 0 Å². The molecule has 2 N–H and O–H groups in total. The summed E-state index contributed by atoms with van der Waals surface area (Å²) in [6.45, 7) is 6.71. The minimum Gasteiger partial charge on any atom is -0.457 e. The molecule has 5 nitrogen and oxygen atoms in total. The molecule has 0 aliphatic rings. The molecule has 0 saturated heterocycles. The molecule has 8 aromatic carbocycles. The number of aromatic nitrogens is 2. The lowest BCUT2D eigenvalue weighted by Gasteiger charge is -2.24. The molecule has 0 aliphatic heterocycles. The lowest BCUT2D eigenvalue weighted by molar-refractivity contribution is 0.479. The molecule has 0 bridgehead atoms. The summed E-state index contributed by atoms with van der Waals surface area (Å²) in [7, 11) is 0. The highest BCUT2D eigenvalue weighted by molar-refractivity contribution is 6.09. The molecule has 10 aromatic rings. The Morgan fingerprint density at radius 3 is 1.87 bits per heavy atom. The smallest absolute Gasteiger partial charge is 0.137 e. The molecule has 0 aliphatic carbocycles. The molecule has 60 heavy (non-hydrogen) atoms. The number of pyridine rings is 1. The maximum Gasteiger partial charge on any atom is 0.137 e. The Morgan fingerprint density at radius 1 is 0.483 bits per heavy atom. The van der Waals surface area contributed by atoms with E-state index < -0.39 is 0 Å². The maximum absolute atomic E-state index is 6.82. The summed E-state index contributed by atoms with van der Waals surface area (Å²) < 4.78 is 9.04. The van der Waals surface area contributed by atoms with Gasteiger partial charge >= 0.3 is 0 Å². The minimum atomic E-state index is -0.144. The minimum absolute atomic E-state index is 0.144. The van der Waals surface area contributed by atoms with Crippen LogP contribution in [-0.4, -0.2) is 9.55 Å². The zero-order valence-electron chi connectivity index (χ0n) is 33.9. The molecule has 290 valence electrons. The first kappa shape index (κ1) is 36.7. The van der Waals surface area contributed by atoms with Gasteiger partial charge in [0.1, 0.15) is 17.3 Å². The van der Waals surface area contributed by atoms with E-state index in [1.807, 2.05) is 24.4 Å². The first-order chi connectivity index (χ1) is 29.4. The number of ether oxygens (including phenoxy) is 1. The van der Waals surface area contributed by atoms with Crippen LogP contribution >= 0.6 is 0 Å². The van der Waals surface area contributed by atoms with Crippen LogP contribution < -0.4 is 15.4 Å². The van der Waals surface area contributed by atoms with Gasteiger partial charge in [0.05, 0.1) is 28.1 Å². The first-order valence-electron chi connectivity index (χ1n) is 20.5. The van der Waals surface area contributed by atoms with Gasteiger partial charge in [-0.3, -0.25) is 4.57 Å². The molecule has 10 rings (SSSR count). The highest BCUT2D eigenvalue weighted by atomic mass is 16.5. The van der Waals surface area contributed by atoms with Crippen molar-refractivity contribution in [1.29, 1.82) is 0 Å². The van der Waals surface area contributed by atoms with Crippen molar-refractivity contribution < 1.29 is 4.74 Å². The average Bonchev–Trinajstić information content (AvgIpc) is 3.61. The molecule has 0 radical (unpaired) electrons. The van der Waals surface area contributed by atoms with Crippen LogP contribution in [0.25, 0.3) is 60.6 Å². The van der Waals surface area contributed by atoms with Gasteiger partial charge in [-0.25, -0.2) is 4.98 Å². The number of anilines is 4. The molecule has 0 spiro atoms. The third-order valence-corrected chi connectivity index (χ3v) is 11.2. The van der Waals surface area contributed by atoms with Gasteiger partial charge in [0, 0.05) is 51.3 Å². The van der Waals surface area contributed by atoms with E-state index >= 15 is 0 Å². The Bertz CT molecular complexity index is 3090. The summed E-state index contributed by atoms with van der Waals surface area (Å²) >= 11 is 0. The van der Waals surface area contributed by atoms with Gasteiger partial charge in [-0.15, -0.1) is 0 Å². The van der Waals surface area contributed by atoms with Crippen molar-refractivity contribution in [3.05, 3.63) is 206 Å². The van der Waals surface area contributed by atoms with Crippen molar-refractivity contribution in [2.24, 2.45) is 0 Å². The fraction of sp³-hybridized carbons (Fsp3) is 0.0727. The number of hydrogen-bond acceptors (Lipinski definition) is 4. The van der Waals surface area contributed by atoms with Gasteiger partial charge in [-0.2, -0.15) is 0 Å². The Balaban J connectivity index is 1.08. The summed E-state index contributed by atoms with van der Waals surface area (Å²) in [6, 6.07) is 68.0. The second kappa shape index (κ2) is 15.3. The molecule has 0 amide bonds. The zero-order chi connectivity index (χ0) is 40.6. The van der Waals surface area contributed by atoms with Gasteiger partial charge in [0.2, 0.25) is 0 Å². The fourth-order valence-electron chi connectivity index (χ4n) is 8.24. The van der Waals surface area contributed by atoms with Crippen molar-refractivity contribution in [1.82, 2.24) is 9.55 Å². The van der Waals surface area contributed by atoms with Crippen molar-refractivity contribution in [2.45, 2.75) is 26.2 Å². The van der Waals surface area contributed by atoms with E-state index in [2.05, 4.69) is 212 Å². The Kier molecular flexibility index (Phi) is 9.34. The topological polar surface area (TPSA) is 51.1 Å². The maximum atomic E-state index is 6.82. The number of nitrogens with zero attached hydrogens (tertiary/aromatic N) is 2. The molecule has 0 unspecified atom stereocenters. The van der Waals surface area contributed by atoms with Crippen molar-refractivity contribution in [2.75, 3.05) is 10.6 Å². The first-order valence-corrected chi connectivity index (χ1v) is 20.5. The number of nitrogens with one attached hydrogen (secondary N) is 2. The third kappa shape index (κ3) is 7.01. The second-order valence-electron chi connectivity index (χ2n) is 16.2. The van der Waals surface area contributed by atoms with Gasteiger partial charge < -0.3 is 15.4 Å².